The van der Waals surface area contributed by atoms with E-state index in [0.717, 1.165) is 27.3 Å². The Morgan fingerprint density at radius 1 is 1.30 bits per heavy atom. The van der Waals surface area contributed by atoms with E-state index in [-0.39, 0.29) is 12.5 Å². The van der Waals surface area contributed by atoms with Gasteiger partial charge in [0.25, 0.3) is 5.91 Å². The van der Waals surface area contributed by atoms with Crippen molar-refractivity contribution in [3.8, 4) is 23.1 Å². The Morgan fingerprint density at radius 3 is 2.83 bits per heavy atom. The van der Waals surface area contributed by atoms with E-state index >= 15 is 0 Å². The number of fused-ring (bicyclic) bond motifs is 1. The number of benzene rings is 2. The Bertz CT molecular complexity index is 1250. The molecule has 0 spiro atoms. The molecule has 4 rings (SSSR count). The SMILES string of the molecule is CCN=c1scc(-c2ccc3c(c2)NC(=O)CO3)n1N=C(C)c1ccc(C#N)cc1. The lowest BCUT2D eigenvalue weighted by molar-refractivity contribution is -0.118. The van der Waals surface area contributed by atoms with E-state index in [9.17, 15) is 4.79 Å². The molecular weight excluding hydrogens is 398 g/mol. The second-order valence-corrected chi connectivity index (χ2v) is 7.45. The number of carbonyl (C=O) groups excluding carboxylic acids is 1. The molecule has 0 saturated carbocycles. The lowest BCUT2D eigenvalue weighted by Crippen LogP contribution is -2.25. The number of anilines is 1. The number of hydrogen-bond acceptors (Lipinski definition) is 6. The smallest absolute Gasteiger partial charge is 0.262 e. The van der Waals surface area contributed by atoms with Crippen molar-refractivity contribution in [3.05, 3.63) is 63.8 Å². The van der Waals surface area contributed by atoms with Gasteiger partial charge >= 0.3 is 0 Å². The number of amides is 1. The summed E-state index contributed by atoms with van der Waals surface area (Å²) in [6, 6.07) is 15.1. The van der Waals surface area contributed by atoms with Crippen molar-refractivity contribution in [2.75, 3.05) is 18.5 Å². The van der Waals surface area contributed by atoms with Crippen LogP contribution in [0.4, 0.5) is 5.69 Å². The topological polar surface area (TPSA) is 91.8 Å². The highest BCUT2D eigenvalue weighted by Gasteiger charge is 2.18. The molecule has 1 aliphatic heterocycles. The second kappa shape index (κ2) is 8.35. The minimum atomic E-state index is -0.172. The summed E-state index contributed by atoms with van der Waals surface area (Å²) in [7, 11) is 0. The number of rotatable bonds is 4. The quantitative estimate of drug-likeness (QED) is 0.657. The largest absolute Gasteiger partial charge is 0.482 e. The molecule has 2 aromatic carbocycles. The number of nitriles is 1. The van der Waals surface area contributed by atoms with E-state index in [2.05, 4.69) is 16.4 Å². The fourth-order valence-corrected chi connectivity index (χ4v) is 3.97. The van der Waals surface area contributed by atoms with Gasteiger partial charge in [-0.25, -0.2) is 4.68 Å². The molecule has 0 radical (unpaired) electrons. The molecule has 0 saturated heterocycles. The van der Waals surface area contributed by atoms with Gasteiger partial charge in [-0.3, -0.25) is 9.79 Å². The highest BCUT2D eigenvalue weighted by Crippen LogP contribution is 2.33. The predicted octanol–water partition coefficient (Wildman–Crippen LogP) is 3.61. The van der Waals surface area contributed by atoms with E-state index in [1.165, 1.54) is 11.3 Å². The molecule has 0 unspecified atom stereocenters. The molecule has 30 heavy (non-hydrogen) atoms. The molecule has 0 atom stereocenters. The molecular formula is C22H19N5O2S. The Balaban J connectivity index is 1.79. The van der Waals surface area contributed by atoms with Crippen LogP contribution in [0.1, 0.15) is 25.0 Å². The number of thiazole rings is 1. The zero-order valence-corrected chi connectivity index (χ0v) is 17.4. The first kappa shape index (κ1) is 19.6. The van der Waals surface area contributed by atoms with Crippen LogP contribution < -0.4 is 14.9 Å². The third-order valence-electron chi connectivity index (χ3n) is 4.57. The van der Waals surface area contributed by atoms with Gasteiger partial charge in [0, 0.05) is 17.5 Å². The van der Waals surface area contributed by atoms with Crippen molar-refractivity contribution in [3.63, 3.8) is 0 Å². The second-order valence-electron chi connectivity index (χ2n) is 6.61. The van der Waals surface area contributed by atoms with E-state index in [1.54, 1.807) is 12.1 Å². The van der Waals surface area contributed by atoms with Crippen molar-refractivity contribution in [1.82, 2.24) is 4.68 Å². The van der Waals surface area contributed by atoms with Crippen molar-refractivity contribution in [1.29, 1.82) is 5.26 Å². The molecule has 0 bridgehead atoms. The van der Waals surface area contributed by atoms with Gasteiger partial charge in [0.1, 0.15) is 5.75 Å². The highest BCUT2D eigenvalue weighted by molar-refractivity contribution is 7.07. The fourth-order valence-electron chi connectivity index (χ4n) is 3.07. The summed E-state index contributed by atoms with van der Waals surface area (Å²) >= 11 is 1.50. The number of carbonyl (C=O) groups is 1. The summed E-state index contributed by atoms with van der Waals surface area (Å²) in [5.41, 5.74) is 4.73. The maximum absolute atomic E-state index is 11.7. The Morgan fingerprint density at radius 2 is 2.10 bits per heavy atom. The summed E-state index contributed by atoms with van der Waals surface area (Å²) in [6.07, 6.45) is 0. The van der Waals surface area contributed by atoms with Crippen molar-refractivity contribution in [2.45, 2.75) is 13.8 Å². The monoisotopic (exact) mass is 417 g/mol. The van der Waals surface area contributed by atoms with Crippen LogP contribution in [0, 0.1) is 11.3 Å². The summed E-state index contributed by atoms with van der Waals surface area (Å²) < 4.78 is 7.27. The van der Waals surface area contributed by atoms with E-state index < -0.39 is 0 Å². The van der Waals surface area contributed by atoms with Crippen LogP contribution in [0.15, 0.2) is 57.9 Å². The summed E-state index contributed by atoms with van der Waals surface area (Å²) in [5.74, 6) is 0.477. The third-order valence-corrected chi connectivity index (χ3v) is 5.42. The van der Waals surface area contributed by atoms with Gasteiger partial charge < -0.3 is 10.1 Å². The molecule has 7 nitrogen and oxygen atoms in total. The molecule has 0 aliphatic carbocycles. The lowest BCUT2D eigenvalue weighted by Gasteiger charge is -2.18. The summed E-state index contributed by atoms with van der Waals surface area (Å²) in [6.45, 7) is 4.57. The van der Waals surface area contributed by atoms with Gasteiger partial charge in [0.15, 0.2) is 6.61 Å². The van der Waals surface area contributed by atoms with Gasteiger partial charge in [-0.15, -0.1) is 11.3 Å². The van der Waals surface area contributed by atoms with Gasteiger partial charge in [0.05, 0.1) is 28.7 Å². The molecule has 0 fully saturated rings. The lowest BCUT2D eigenvalue weighted by atomic mass is 10.1. The van der Waals surface area contributed by atoms with Gasteiger partial charge in [0.2, 0.25) is 4.80 Å². The molecule has 3 aromatic rings. The standard InChI is InChI=1S/C22H19N5O2S/c1-3-24-22-27(26-14(2)16-6-4-15(11-23)5-7-16)19(13-30-22)17-8-9-20-18(10-17)25-21(28)12-29-20/h4-10,13H,3,12H2,1-2H3,(H,25,28). The van der Waals surface area contributed by atoms with Crippen LogP contribution in [0.3, 0.4) is 0 Å². The molecule has 150 valence electrons. The van der Waals surface area contributed by atoms with Crippen LogP contribution in [0.2, 0.25) is 0 Å². The normalized spacial score (nSPS) is 14.0. The minimum Gasteiger partial charge on any atom is -0.482 e. The van der Waals surface area contributed by atoms with Crippen LogP contribution in [0.25, 0.3) is 11.3 Å². The number of hydrogen-bond donors (Lipinski definition) is 1. The van der Waals surface area contributed by atoms with E-state index in [4.69, 9.17) is 15.1 Å². The zero-order chi connectivity index (χ0) is 21.1. The number of aromatic nitrogens is 1. The maximum Gasteiger partial charge on any atom is 0.262 e. The molecule has 1 N–H and O–H groups in total. The molecule has 8 heteroatoms. The third kappa shape index (κ3) is 3.88. The summed E-state index contributed by atoms with van der Waals surface area (Å²) in [4.78, 5) is 17.0. The van der Waals surface area contributed by atoms with E-state index in [1.807, 2.05) is 54.2 Å². The average molecular weight is 417 g/mol. The molecule has 1 amide bonds. The van der Waals surface area contributed by atoms with Crippen LogP contribution in [0.5, 0.6) is 5.75 Å². The van der Waals surface area contributed by atoms with Crippen LogP contribution in [-0.2, 0) is 4.79 Å². The number of ether oxygens (including phenoxy) is 1. The highest BCUT2D eigenvalue weighted by atomic mass is 32.1. The first-order chi connectivity index (χ1) is 14.6. The minimum absolute atomic E-state index is 0.0262. The van der Waals surface area contributed by atoms with Crippen molar-refractivity contribution >= 4 is 28.6 Å². The Kier molecular flexibility index (Phi) is 5.46. The van der Waals surface area contributed by atoms with Crippen LogP contribution in [-0.4, -0.2) is 29.4 Å². The first-order valence-electron chi connectivity index (χ1n) is 9.43. The summed E-state index contributed by atoms with van der Waals surface area (Å²) in [5, 5.41) is 18.7. The molecule has 1 aliphatic rings. The van der Waals surface area contributed by atoms with E-state index in [0.29, 0.717) is 23.5 Å². The maximum atomic E-state index is 11.7. The van der Waals surface area contributed by atoms with Gasteiger partial charge in [-0.2, -0.15) is 10.4 Å². The number of nitrogens with zero attached hydrogens (tertiary/aromatic N) is 4. The average Bonchev–Trinajstić information content (AvgIpc) is 3.15. The number of nitrogens with one attached hydrogen (secondary N) is 1. The van der Waals surface area contributed by atoms with Gasteiger partial charge in [-0.1, -0.05) is 12.1 Å². The predicted molar refractivity (Wildman–Crippen MR) is 117 cm³/mol. The van der Waals surface area contributed by atoms with Crippen LogP contribution >= 0.6 is 11.3 Å². The molecule has 1 aromatic heterocycles. The van der Waals surface area contributed by atoms with Crippen molar-refractivity contribution in [2.24, 2.45) is 10.1 Å². The molecule has 2 heterocycles. The van der Waals surface area contributed by atoms with Gasteiger partial charge in [-0.05, 0) is 49.7 Å². The van der Waals surface area contributed by atoms with Crippen molar-refractivity contribution < 1.29 is 9.53 Å². The Hall–Kier alpha value is -3.70. The fraction of sp³-hybridized carbons (Fsp3) is 0.182. The first-order valence-corrected chi connectivity index (χ1v) is 10.3. The zero-order valence-electron chi connectivity index (χ0n) is 16.5. The Labute approximate surface area is 177 Å².